The summed E-state index contributed by atoms with van der Waals surface area (Å²) in [5.74, 6) is 0. The first-order valence-corrected chi connectivity index (χ1v) is 18.7. The summed E-state index contributed by atoms with van der Waals surface area (Å²) in [6, 6.07) is 70.9. The second-order valence-electron chi connectivity index (χ2n) is 14.0. The van der Waals surface area contributed by atoms with Gasteiger partial charge in [-0.05, 0) is 70.1 Å². The normalized spacial score (nSPS) is 11.6. The third kappa shape index (κ3) is 5.13. The van der Waals surface area contributed by atoms with E-state index in [1.54, 1.807) is 0 Å². The van der Waals surface area contributed by atoms with E-state index in [0.717, 1.165) is 94.0 Å². The van der Waals surface area contributed by atoms with Crippen LogP contribution in [0.25, 0.3) is 88.0 Å². The molecule has 258 valence electrons. The highest BCUT2D eigenvalue weighted by Crippen LogP contribution is 2.45. The van der Waals surface area contributed by atoms with E-state index in [-0.39, 0.29) is 0 Å². The molecule has 11 aromatic rings. The lowest BCUT2D eigenvalue weighted by atomic mass is 9.95. The van der Waals surface area contributed by atoms with Crippen LogP contribution >= 0.6 is 0 Å². The molecule has 0 aliphatic rings. The lowest BCUT2D eigenvalue weighted by Gasteiger charge is -2.28. The molecular weight excluding hydrogens is 671 g/mol. The van der Waals surface area contributed by atoms with Crippen molar-refractivity contribution in [3.63, 3.8) is 0 Å². The predicted molar refractivity (Wildman–Crippen MR) is 229 cm³/mol. The molecule has 9 aromatic carbocycles. The van der Waals surface area contributed by atoms with Crippen LogP contribution in [0.15, 0.2) is 209 Å². The largest absolute Gasteiger partial charge is 0.455 e. The smallest absolute Gasteiger partial charge is 0.143 e. The summed E-state index contributed by atoms with van der Waals surface area (Å²) in [5, 5.41) is 6.82. The Morgan fingerprint density at radius 1 is 0.273 bits per heavy atom. The minimum atomic E-state index is 0.899. The molecular formula is C52H33NO2. The van der Waals surface area contributed by atoms with Gasteiger partial charge in [0.1, 0.15) is 22.3 Å². The summed E-state index contributed by atoms with van der Waals surface area (Å²) in [6.07, 6.45) is 0. The van der Waals surface area contributed by atoms with Crippen molar-refractivity contribution < 1.29 is 8.83 Å². The molecule has 2 heterocycles. The van der Waals surface area contributed by atoms with Gasteiger partial charge in [0.2, 0.25) is 0 Å². The zero-order valence-corrected chi connectivity index (χ0v) is 29.8. The molecule has 55 heavy (non-hydrogen) atoms. The number of hydrogen-bond donors (Lipinski definition) is 0. The summed E-state index contributed by atoms with van der Waals surface area (Å²) in [6.45, 7) is 0. The van der Waals surface area contributed by atoms with Crippen molar-refractivity contribution in [3.8, 4) is 33.4 Å². The molecule has 0 radical (unpaired) electrons. The second-order valence-corrected chi connectivity index (χ2v) is 14.0. The zero-order valence-electron chi connectivity index (χ0n) is 29.8. The molecule has 0 spiro atoms. The van der Waals surface area contributed by atoms with Crippen LogP contribution in [0.5, 0.6) is 0 Å². The van der Waals surface area contributed by atoms with Crippen LogP contribution in [0.3, 0.4) is 0 Å². The van der Waals surface area contributed by atoms with Gasteiger partial charge in [0.05, 0.1) is 5.69 Å². The Labute approximate surface area is 317 Å². The second kappa shape index (κ2) is 12.6. The summed E-state index contributed by atoms with van der Waals surface area (Å²) in [5.41, 5.74) is 13.6. The van der Waals surface area contributed by atoms with Crippen LogP contribution in [-0.2, 0) is 0 Å². The van der Waals surface area contributed by atoms with E-state index in [4.69, 9.17) is 8.83 Å². The maximum absolute atomic E-state index is 6.53. The predicted octanol–water partition coefficient (Wildman–Crippen LogP) is 15.1. The number of fused-ring (bicyclic) bond motifs is 7. The fourth-order valence-electron chi connectivity index (χ4n) is 8.30. The first-order chi connectivity index (χ1) is 27.3. The van der Waals surface area contributed by atoms with Gasteiger partial charge in [-0.2, -0.15) is 0 Å². The van der Waals surface area contributed by atoms with Crippen molar-refractivity contribution in [1.82, 2.24) is 0 Å². The summed E-state index contributed by atoms with van der Waals surface area (Å²) in [4.78, 5) is 2.37. The average Bonchev–Trinajstić information content (AvgIpc) is 3.84. The van der Waals surface area contributed by atoms with Gasteiger partial charge in [0.25, 0.3) is 0 Å². The number of rotatable bonds is 6. The number of furan rings is 2. The van der Waals surface area contributed by atoms with Crippen molar-refractivity contribution in [2.24, 2.45) is 0 Å². The van der Waals surface area contributed by atoms with Gasteiger partial charge in [0, 0.05) is 49.4 Å². The number of benzene rings is 9. The minimum absolute atomic E-state index is 0.899. The standard InChI is InChI=1S/C52H33NO2/c1-2-12-34(13-3-1)35-24-28-37(29-25-35)53(38-30-26-36(27-31-38)39-18-10-20-46-43-16-6-8-22-49(43)54-51(39)46)48-33-32-41(40-14-4-5-15-42(40)48)45-19-11-21-47-44-17-7-9-23-50(44)55-52(45)47/h1-33H. The first-order valence-electron chi connectivity index (χ1n) is 18.7. The van der Waals surface area contributed by atoms with Crippen molar-refractivity contribution in [1.29, 1.82) is 0 Å². The Morgan fingerprint density at radius 3 is 1.38 bits per heavy atom. The van der Waals surface area contributed by atoms with Crippen LogP contribution in [0.1, 0.15) is 0 Å². The highest BCUT2D eigenvalue weighted by Gasteiger charge is 2.20. The van der Waals surface area contributed by atoms with Crippen molar-refractivity contribution in [2.45, 2.75) is 0 Å². The lowest BCUT2D eigenvalue weighted by Crippen LogP contribution is -2.10. The summed E-state index contributed by atoms with van der Waals surface area (Å²) < 4.78 is 12.9. The first kappa shape index (κ1) is 31.2. The molecule has 0 N–H and O–H groups in total. The molecule has 0 bridgehead atoms. The number of nitrogens with zero attached hydrogens (tertiary/aromatic N) is 1. The Hall–Kier alpha value is -7.36. The molecule has 0 amide bonds. The molecule has 0 atom stereocenters. The molecule has 11 rings (SSSR count). The quantitative estimate of drug-likeness (QED) is 0.173. The van der Waals surface area contributed by atoms with Crippen LogP contribution in [0.2, 0.25) is 0 Å². The highest BCUT2D eigenvalue weighted by atomic mass is 16.3. The fraction of sp³-hybridized carbons (Fsp3) is 0. The van der Waals surface area contributed by atoms with Gasteiger partial charge >= 0.3 is 0 Å². The van der Waals surface area contributed by atoms with Crippen molar-refractivity contribution in [2.75, 3.05) is 4.90 Å². The topological polar surface area (TPSA) is 29.5 Å². The van der Waals surface area contributed by atoms with Gasteiger partial charge in [-0.3, -0.25) is 0 Å². The van der Waals surface area contributed by atoms with Gasteiger partial charge in [-0.15, -0.1) is 0 Å². The third-order valence-corrected chi connectivity index (χ3v) is 10.9. The highest BCUT2D eigenvalue weighted by molar-refractivity contribution is 6.14. The van der Waals surface area contributed by atoms with Crippen LogP contribution in [0.4, 0.5) is 17.1 Å². The Kier molecular flexibility index (Phi) is 7.17. The maximum Gasteiger partial charge on any atom is 0.143 e. The van der Waals surface area contributed by atoms with Gasteiger partial charge in [0.15, 0.2) is 0 Å². The summed E-state index contributed by atoms with van der Waals surface area (Å²) in [7, 11) is 0. The Bertz CT molecular complexity index is 3190. The number of para-hydroxylation sites is 4. The molecule has 0 unspecified atom stereocenters. The van der Waals surface area contributed by atoms with Crippen LogP contribution in [-0.4, -0.2) is 0 Å². The third-order valence-electron chi connectivity index (χ3n) is 10.9. The van der Waals surface area contributed by atoms with Crippen LogP contribution < -0.4 is 4.90 Å². The molecule has 2 aromatic heterocycles. The van der Waals surface area contributed by atoms with Crippen molar-refractivity contribution >= 4 is 71.7 Å². The molecule has 0 saturated heterocycles. The monoisotopic (exact) mass is 703 g/mol. The molecule has 3 heteroatoms. The van der Waals surface area contributed by atoms with Crippen LogP contribution in [0, 0.1) is 0 Å². The van der Waals surface area contributed by atoms with E-state index in [9.17, 15) is 0 Å². The molecule has 0 aliphatic heterocycles. The van der Waals surface area contributed by atoms with E-state index in [2.05, 4.69) is 181 Å². The minimum Gasteiger partial charge on any atom is -0.455 e. The Balaban J connectivity index is 1.07. The summed E-state index contributed by atoms with van der Waals surface area (Å²) >= 11 is 0. The lowest BCUT2D eigenvalue weighted by molar-refractivity contribution is 0.669. The molecule has 0 fully saturated rings. The molecule has 3 nitrogen and oxygen atoms in total. The van der Waals surface area contributed by atoms with E-state index >= 15 is 0 Å². The van der Waals surface area contributed by atoms with Crippen molar-refractivity contribution in [3.05, 3.63) is 200 Å². The number of hydrogen-bond acceptors (Lipinski definition) is 3. The van der Waals surface area contributed by atoms with E-state index in [1.165, 1.54) is 11.1 Å². The maximum atomic E-state index is 6.53. The van der Waals surface area contributed by atoms with E-state index in [0.29, 0.717) is 0 Å². The number of anilines is 3. The van der Waals surface area contributed by atoms with E-state index < -0.39 is 0 Å². The van der Waals surface area contributed by atoms with Gasteiger partial charge < -0.3 is 13.7 Å². The zero-order chi connectivity index (χ0) is 36.3. The SMILES string of the molecule is c1ccc(-c2ccc(N(c3ccc(-c4cccc5c4oc4ccccc45)cc3)c3ccc(-c4cccc5c4oc4ccccc45)c4ccccc34)cc2)cc1. The molecule has 0 aliphatic carbocycles. The Morgan fingerprint density at radius 2 is 0.745 bits per heavy atom. The molecule has 0 saturated carbocycles. The average molecular weight is 704 g/mol. The van der Waals surface area contributed by atoms with Gasteiger partial charge in [-0.25, -0.2) is 0 Å². The van der Waals surface area contributed by atoms with Gasteiger partial charge in [-0.1, -0.05) is 158 Å². The van der Waals surface area contributed by atoms with E-state index in [1.807, 2.05) is 24.3 Å². The fourth-order valence-corrected chi connectivity index (χ4v) is 8.30.